The van der Waals surface area contributed by atoms with Crippen LogP contribution < -0.4 is 5.32 Å². The Morgan fingerprint density at radius 1 is 1.69 bits per heavy atom. The van der Waals surface area contributed by atoms with Crippen LogP contribution in [0, 0.1) is 5.92 Å². The fourth-order valence-corrected chi connectivity index (χ4v) is 2.38. The highest BCUT2D eigenvalue weighted by Gasteiger charge is 2.25. The van der Waals surface area contributed by atoms with Gasteiger partial charge in [-0.2, -0.15) is 5.10 Å². The van der Waals surface area contributed by atoms with Crippen LogP contribution in [0.25, 0.3) is 0 Å². The summed E-state index contributed by atoms with van der Waals surface area (Å²) in [6.07, 6.45) is 4.71. The Labute approximate surface area is 96.7 Å². The summed E-state index contributed by atoms with van der Waals surface area (Å²) < 4.78 is 1.93. The second-order valence-electron chi connectivity index (χ2n) is 4.53. The average molecular weight is 223 g/mol. The molecule has 1 saturated heterocycles. The number of aliphatic hydroxyl groups is 1. The number of hydrogen-bond donors (Lipinski definition) is 2. The first kappa shape index (κ1) is 11.6. The van der Waals surface area contributed by atoms with Crippen molar-refractivity contribution in [3.05, 3.63) is 18.0 Å². The molecule has 0 aromatic carbocycles. The predicted molar refractivity (Wildman–Crippen MR) is 63.1 cm³/mol. The number of nitrogens with zero attached hydrogens (tertiary/aromatic N) is 2. The molecule has 1 aromatic rings. The molecular formula is C12H21N3O. The third-order valence-electron chi connectivity index (χ3n) is 3.27. The SMILES string of the molecule is CCCn1nccc1C(O)C1CCCNC1. The van der Waals surface area contributed by atoms with Crippen molar-refractivity contribution in [2.45, 2.75) is 38.8 Å². The molecular weight excluding hydrogens is 202 g/mol. The van der Waals surface area contributed by atoms with Crippen LogP contribution in [0.5, 0.6) is 0 Å². The number of piperidine rings is 1. The minimum atomic E-state index is -0.373. The second kappa shape index (κ2) is 5.46. The van der Waals surface area contributed by atoms with Gasteiger partial charge in [0.25, 0.3) is 0 Å². The summed E-state index contributed by atoms with van der Waals surface area (Å²) in [5.41, 5.74) is 0.968. The summed E-state index contributed by atoms with van der Waals surface area (Å²) in [5.74, 6) is 0.334. The minimum Gasteiger partial charge on any atom is -0.386 e. The van der Waals surface area contributed by atoms with Crippen molar-refractivity contribution in [1.29, 1.82) is 0 Å². The highest BCUT2D eigenvalue weighted by atomic mass is 16.3. The van der Waals surface area contributed by atoms with Gasteiger partial charge < -0.3 is 10.4 Å². The lowest BCUT2D eigenvalue weighted by Crippen LogP contribution is -2.34. The number of hydrogen-bond acceptors (Lipinski definition) is 3. The van der Waals surface area contributed by atoms with Gasteiger partial charge in [-0.05, 0) is 31.9 Å². The molecule has 16 heavy (non-hydrogen) atoms. The molecule has 2 heterocycles. The zero-order chi connectivity index (χ0) is 11.4. The molecule has 2 N–H and O–H groups in total. The molecule has 0 amide bonds. The Kier molecular flexibility index (Phi) is 3.96. The van der Waals surface area contributed by atoms with Crippen LogP contribution in [0.1, 0.15) is 38.0 Å². The van der Waals surface area contributed by atoms with Crippen molar-refractivity contribution >= 4 is 0 Å². The van der Waals surface area contributed by atoms with Gasteiger partial charge in [0.1, 0.15) is 0 Å². The van der Waals surface area contributed by atoms with E-state index in [-0.39, 0.29) is 6.10 Å². The molecule has 2 unspecified atom stereocenters. The van der Waals surface area contributed by atoms with E-state index >= 15 is 0 Å². The van der Waals surface area contributed by atoms with Gasteiger partial charge in [0.2, 0.25) is 0 Å². The molecule has 1 fully saturated rings. The van der Waals surface area contributed by atoms with Crippen molar-refractivity contribution in [2.75, 3.05) is 13.1 Å². The molecule has 1 aromatic heterocycles. The van der Waals surface area contributed by atoms with Crippen LogP contribution in [-0.4, -0.2) is 28.0 Å². The first-order chi connectivity index (χ1) is 7.83. The van der Waals surface area contributed by atoms with Gasteiger partial charge in [-0.1, -0.05) is 6.92 Å². The maximum Gasteiger partial charge on any atom is 0.0996 e. The zero-order valence-corrected chi connectivity index (χ0v) is 9.89. The van der Waals surface area contributed by atoms with E-state index in [1.807, 2.05) is 10.7 Å². The van der Waals surface area contributed by atoms with Crippen LogP contribution >= 0.6 is 0 Å². The fraction of sp³-hybridized carbons (Fsp3) is 0.750. The lowest BCUT2D eigenvalue weighted by Gasteiger charge is -2.27. The topological polar surface area (TPSA) is 50.1 Å². The van der Waals surface area contributed by atoms with Crippen molar-refractivity contribution in [3.63, 3.8) is 0 Å². The van der Waals surface area contributed by atoms with Gasteiger partial charge in [0, 0.05) is 25.2 Å². The first-order valence-electron chi connectivity index (χ1n) is 6.23. The number of nitrogens with one attached hydrogen (secondary N) is 1. The number of aliphatic hydroxyl groups excluding tert-OH is 1. The second-order valence-corrected chi connectivity index (χ2v) is 4.53. The predicted octanol–water partition coefficient (Wildman–Crippen LogP) is 1.33. The largest absolute Gasteiger partial charge is 0.386 e. The standard InChI is InChI=1S/C12H21N3O/c1-2-8-15-11(5-7-14-15)12(16)10-4-3-6-13-9-10/h5,7,10,12-13,16H,2-4,6,8-9H2,1H3. The number of aryl methyl sites for hydroxylation is 1. The molecule has 2 atom stereocenters. The van der Waals surface area contributed by atoms with E-state index in [1.54, 1.807) is 6.20 Å². The first-order valence-corrected chi connectivity index (χ1v) is 6.23. The Morgan fingerprint density at radius 3 is 3.25 bits per heavy atom. The van der Waals surface area contributed by atoms with Crippen LogP contribution in [0.4, 0.5) is 0 Å². The summed E-state index contributed by atoms with van der Waals surface area (Å²) in [5, 5.41) is 17.9. The van der Waals surface area contributed by atoms with Crippen LogP contribution in [0.3, 0.4) is 0 Å². The molecule has 0 spiro atoms. The number of aromatic nitrogens is 2. The van der Waals surface area contributed by atoms with Crippen LogP contribution in [0.15, 0.2) is 12.3 Å². The highest BCUT2D eigenvalue weighted by Crippen LogP contribution is 2.26. The number of rotatable bonds is 4. The molecule has 2 rings (SSSR count). The summed E-state index contributed by atoms with van der Waals surface area (Å²) in [7, 11) is 0. The van der Waals surface area contributed by atoms with Gasteiger partial charge in [-0.3, -0.25) is 4.68 Å². The van der Waals surface area contributed by atoms with E-state index in [0.717, 1.165) is 44.6 Å². The third-order valence-corrected chi connectivity index (χ3v) is 3.27. The maximum absolute atomic E-state index is 10.3. The quantitative estimate of drug-likeness (QED) is 0.809. The minimum absolute atomic E-state index is 0.334. The smallest absolute Gasteiger partial charge is 0.0996 e. The zero-order valence-electron chi connectivity index (χ0n) is 9.89. The Bertz CT molecular complexity index is 318. The van der Waals surface area contributed by atoms with E-state index in [9.17, 15) is 5.11 Å². The Hall–Kier alpha value is -0.870. The van der Waals surface area contributed by atoms with Crippen molar-refractivity contribution in [1.82, 2.24) is 15.1 Å². The average Bonchev–Trinajstić information content (AvgIpc) is 2.78. The van der Waals surface area contributed by atoms with Crippen molar-refractivity contribution in [2.24, 2.45) is 5.92 Å². The van der Waals surface area contributed by atoms with Gasteiger partial charge >= 0.3 is 0 Å². The summed E-state index contributed by atoms with van der Waals surface area (Å²) in [4.78, 5) is 0. The molecule has 0 saturated carbocycles. The molecule has 1 aliphatic heterocycles. The monoisotopic (exact) mass is 223 g/mol. The molecule has 0 aliphatic carbocycles. The summed E-state index contributed by atoms with van der Waals surface area (Å²) >= 11 is 0. The van der Waals surface area contributed by atoms with E-state index in [2.05, 4.69) is 17.3 Å². The van der Waals surface area contributed by atoms with Gasteiger partial charge in [0.05, 0.1) is 11.8 Å². The third kappa shape index (κ3) is 2.44. The molecule has 0 radical (unpaired) electrons. The van der Waals surface area contributed by atoms with Gasteiger partial charge in [-0.25, -0.2) is 0 Å². The van der Waals surface area contributed by atoms with E-state index < -0.39 is 0 Å². The molecule has 4 nitrogen and oxygen atoms in total. The Morgan fingerprint density at radius 2 is 2.56 bits per heavy atom. The van der Waals surface area contributed by atoms with Crippen molar-refractivity contribution in [3.8, 4) is 0 Å². The summed E-state index contributed by atoms with van der Waals surface area (Å²) in [6, 6.07) is 1.94. The van der Waals surface area contributed by atoms with E-state index in [1.165, 1.54) is 0 Å². The van der Waals surface area contributed by atoms with Crippen molar-refractivity contribution < 1.29 is 5.11 Å². The lowest BCUT2D eigenvalue weighted by molar-refractivity contribution is 0.0837. The van der Waals surface area contributed by atoms with E-state index in [0.29, 0.717) is 5.92 Å². The molecule has 0 bridgehead atoms. The lowest BCUT2D eigenvalue weighted by atomic mass is 9.92. The van der Waals surface area contributed by atoms with Gasteiger partial charge in [-0.15, -0.1) is 0 Å². The molecule has 1 aliphatic rings. The highest BCUT2D eigenvalue weighted by molar-refractivity contribution is 5.06. The normalized spacial score (nSPS) is 23.2. The van der Waals surface area contributed by atoms with E-state index in [4.69, 9.17) is 0 Å². The fourth-order valence-electron chi connectivity index (χ4n) is 2.38. The Balaban J connectivity index is 2.06. The van der Waals surface area contributed by atoms with Crippen LogP contribution in [-0.2, 0) is 6.54 Å². The molecule has 90 valence electrons. The van der Waals surface area contributed by atoms with Gasteiger partial charge in [0.15, 0.2) is 0 Å². The maximum atomic E-state index is 10.3. The van der Waals surface area contributed by atoms with Crippen LogP contribution in [0.2, 0.25) is 0 Å². The summed E-state index contributed by atoms with van der Waals surface area (Å²) in [6.45, 7) is 5.01. The molecule has 4 heteroatoms.